The van der Waals surface area contributed by atoms with E-state index in [1.165, 1.54) is 83.6 Å². The number of halogens is 6. The Labute approximate surface area is 581 Å². The fourth-order valence-corrected chi connectivity index (χ4v) is 7.82. The lowest BCUT2D eigenvalue weighted by molar-refractivity contribution is -0.106. The Morgan fingerprint density at radius 2 is 0.938 bits per heavy atom. The Kier molecular flexibility index (Phi) is 36.9. The second kappa shape index (κ2) is 42.1. The van der Waals surface area contributed by atoms with E-state index in [-0.39, 0.29) is 78.0 Å². The van der Waals surface area contributed by atoms with Gasteiger partial charge in [0, 0.05) is 22.7 Å². The maximum atomic E-state index is 11.3. The molecule has 3 aromatic heterocycles. The monoisotopic (exact) mass is 1450 g/mol. The molecule has 0 saturated carbocycles. The highest BCUT2D eigenvalue weighted by molar-refractivity contribution is 6.36. The lowest BCUT2D eigenvalue weighted by atomic mass is 10.2. The van der Waals surface area contributed by atoms with E-state index in [9.17, 15) is 28.8 Å². The number of rotatable bonds is 10. The zero-order chi connectivity index (χ0) is 71.8. The molecule has 3 heterocycles. The van der Waals surface area contributed by atoms with Gasteiger partial charge >= 0.3 is 11.9 Å². The molecule has 0 aliphatic rings. The highest BCUT2D eigenvalue weighted by Crippen LogP contribution is 2.28. The largest absolute Gasteiger partial charge is 0.499 e. The minimum absolute atomic E-state index is 0. The molecule has 0 atom stereocenters. The van der Waals surface area contributed by atoms with E-state index < -0.39 is 35.6 Å². The molecule has 0 spiro atoms. The van der Waals surface area contributed by atoms with Crippen LogP contribution in [0.2, 0.25) is 30.1 Å². The normalized spacial score (nSPS) is 9.25. The molecule has 9 aromatic rings. The standard InChI is InChI=1S/C12H9ClN6O.C11H8ClN5O.C8H8ClNO2.2C7H7ClN2O.C7H6ClNO2.C6H6N2O.CH3NO.H3N.H2O/c13-9-2-1-6(3-7(9)11(15)20)19-12-8(4-18-19)10(14)16-5-17-12;1-15-9-5-16-17(10(9)13)6-2-3-8(12)7(4-6)11(14)18;1-12-8(11)6-4-5(10)2-3-7(6)9;3*8-6-2-1-4(9)3-5(6)7(10)11;1-2-9-5-6(3-7)4-8;2-1-3;;/h1-5H,(H2,15,20)(H2,14,16,17);2-5H,13H2,(H2,14,18);2-4H,10H2,1H3;2*1-3H,9H2,(H2,10,11);1-3H,9H2,(H,10,11);5H,2H2,1H3;1H,(H2,2,3);1H3;1H2. The van der Waals surface area contributed by atoms with E-state index >= 15 is 0 Å². The van der Waals surface area contributed by atoms with Crippen LogP contribution in [0.1, 0.15) is 69.1 Å². The number of aromatic nitrogens is 6. The molecule has 38 heteroatoms. The molecular weight excluding hydrogens is 1390 g/mol. The van der Waals surface area contributed by atoms with Gasteiger partial charge in [0.2, 0.25) is 35.7 Å². The summed E-state index contributed by atoms with van der Waals surface area (Å²) >= 11 is 34.3. The number of nitrogens with zero attached hydrogens (tertiary/aromatic N) is 9. The summed E-state index contributed by atoms with van der Waals surface area (Å²) < 4.78 is 12.0. The van der Waals surface area contributed by atoms with Crippen LogP contribution >= 0.6 is 69.6 Å². The highest BCUT2D eigenvalue weighted by Gasteiger charge is 2.16. The number of nitrogen functional groups attached to an aromatic ring is 6. The molecule has 6 aromatic carbocycles. The molecule has 5 amide bonds. The topological polar surface area (TPSA) is 624 Å². The van der Waals surface area contributed by atoms with Gasteiger partial charge in [0.15, 0.2) is 11.2 Å². The summed E-state index contributed by atoms with van der Waals surface area (Å²) in [5, 5.41) is 35.3. The first-order valence-corrected chi connectivity index (χ1v) is 27.9. The van der Waals surface area contributed by atoms with Crippen molar-refractivity contribution in [3.8, 4) is 23.5 Å². The number of aromatic carboxylic acids is 1. The Hall–Kier alpha value is -12.2. The second-order valence-electron chi connectivity index (χ2n) is 17.4. The van der Waals surface area contributed by atoms with Gasteiger partial charge in [-0.15, -0.1) is 0 Å². The van der Waals surface area contributed by atoms with E-state index in [0.29, 0.717) is 78.2 Å². The van der Waals surface area contributed by atoms with Crippen molar-refractivity contribution in [2.45, 2.75) is 6.92 Å². The molecule has 0 fully saturated rings. The van der Waals surface area contributed by atoms with Crippen molar-refractivity contribution in [1.29, 1.82) is 10.5 Å². The number of ether oxygens (including phenoxy) is 2. The predicted molar refractivity (Wildman–Crippen MR) is 371 cm³/mol. The van der Waals surface area contributed by atoms with Gasteiger partial charge in [0.25, 0.3) is 0 Å². The summed E-state index contributed by atoms with van der Waals surface area (Å²) in [6.45, 7) is 9.16. The van der Waals surface area contributed by atoms with Crippen molar-refractivity contribution >= 4 is 163 Å². The summed E-state index contributed by atoms with van der Waals surface area (Å²) in [5.74, 6) is -3.40. The van der Waals surface area contributed by atoms with Gasteiger partial charge in [-0.1, -0.05) is 69.6 Å². The van der Waals surface area contributed by atoms with Crippen LogP contribution in [-0.2, 0) is 14.3 Å². The Balaban J connectivity index is 0.00000112. The molecule has 0 radical (unpaired) electrons. The molecule has 0 bridgehead atoms. The number of hydrogen-bond acceptors (Lipinski definition) is 22. The quantitative estimate of drug-likeness (QED) is 0.0156. The van der Waals surface area contributed by atoms with Crippen LogP contribution in [0.3, 0.4) is 0 Å². The summed E-state index contributed by atoms with van der Waals surface area (Å²) in [6.07, 6.45) is 5.66. The Morgan fingerprint density at radius 3 is 1.28 bits per heavy atom. The maximum absolute atomic E-state index is 11.3. The molecule has 0 aliphatic heterocycles. The zero-order valence-corrected chi connectivity index (χ0v) is 55.0. The van der Waals surface area contributed by atoms with Gasteiger partial charge in [0.1, 0.15) is 36.4 Å². The van der Waals surface area contributed by atoms with Crippen molar-refractivity contribution in [1.82, 2.24) is 35.7 Å². The number of carboxylic acids is 1. The van der Waals surface area contributed by atoms with Gasteiger partial charge < -0.3 is 89.3 Å². The number of allylic oxidation sites excluding steroid dienone is 1. The highest BCUT2D eigenvalue weighted by atomic mass is 35.5. The second-order valence-corrected chi connectivity index (χ2v) is 19.8. The molecule has 0 unspecified atom stereocenters. The SMILES string of the molecule is CCOC=C(C#N)C#N.COC(=O)c1cc(N)ccc1Cl.N.NC(=O)c1cc(-n2ncc3c(N)ncnc32)ccc1Cl.NC(=O)c1cc(N)ccc1Cl.NC(=O)c1cc(N)ccc1Cl.NC=O.Nc1ccc(Cl)c(C(=O)O)c1.O.[C-]#[N+]c1cnn(-c2ccc(Cl)c(C(N)=O)c2)c1N. The third-order valence-electron chi connectivity index (χ3n) is 11.0. The van der Waals surface area contributed by atoms with Crippen LogP contribution in [0.4, 0.5) is 40.1 Å². The minimum atomic E-state index is -1.07. The van der Waals surface area contributed by atoms with Crippen LogP contribution in [0.15, 0.2) is 140 Å². The van der Waals surface area contributed by atoms with Crippen LogP contribution in [0.25, 0.3) is 27.3 Å². The number of esters is 1. The predicted octanol–water partition coefficient (Wildman–Crippen LogP) is 7.67. The number of benzene rings is 6. The van der Waals surface area contributed by atoms with Crippen molar-refractivity contribution in [2.24, 2.45) is 28.7 Å². The van der Waals surface area contributed by atoms with E-state index in [4.69, 9.17) is 154 Å². The van der Waals surface area contributed by atoms with Crippen molar-refractivity contribution in [2.75, 3.05) is 48.1 Å². The van der Waals surface area contributed by atoms with Crippen LogP contribution in [0.5, 0.6) is 0 Å². The minimum Gasteiger partial charge on any atom is -0.499 e. The molecule has 0 aliphatic carbocycles. The third-order valence-corrected chi connectivity index (χ3v) is 12.9. The number of carbonyl (C=O) groups is 7. The summed E-state index contributed by atoms with van der Waals surface area (Å²) in [4.78, 5) is 85.1. The number of carboxylic acid groups (broad SMARTS) is 1. The van der Waals surface area contributed by atoms with Crippen LogP contribution in [-0.4, -0.2) is 95.8 Å². The fraction of sp³-hybridized carbons (Fsp3) is 0.0508. The molecule has 0 saturated heterocycles. The zero-order valence-electron chi connectivity index (χ0n) is 50.5. The van der Waals surface area contributed by atoms with E-state index in [0.717, 1.165) is 6.26 Å². The molecular formula is C59H59Cl6N21O11. The summed E-state index contributed by atoms with van der Waals surface area (Å²) in [6, 6.07) is 31.0. The Bertz CT molecular complexity index is 4280. The number of nitriles is 2. The molecule has 508 valence electrons. The van der Waals surface area contributed by atoms with Crippen molar-refractivity contribution in [3.05, 3.63) is 215 Å². The smallest absolute Gasteiger partial charge is 0.339 e. The number of anilines is 6. The van der Waals surface area contributed by atoms with Crippen molar-refractivity contribution < 1.29 is 53.6 Å². The first-order valence-electron chi connectivity index (χ1n) is 25.6. The summed E-state index contributed by atoms with van der Waals surface area (Å²) in [5.41, 5.74) is 62.7. The Morgan fingerprint density at radius 1 is 0.588 bits per heavy atom. The number of nitrogens with two attached hydrogens (primary N) is 11. The molecule has 28 N–H and O–H groups in total. The third kappa shape index (κ3) is 26.4. The van der Waals surface area contributed by atoms with Gasteiger partial charge in [-0.3, -0.25) is 24.0 Å². The van der Waals surface area contributed by atoms with Gasteiger partial charge in [-0.2, -0.15) is 20.7 Å². The van der Waals surface area contributed by atoms with Crippen molar-refractivity contribution in [3.63, 3.8) is 0 Å². The van der Waals surface area contributed by atoms with Gasteiger partial charge in [-0.05, 0) is 116 Å². The number of methoxy groups -OCH3 is 1. The number of carbonyl (C=O) groups excluding carboxylic acids is 6. The molecule has 32 nitrogen and oxygen atoms in total. The van der Waals surface area contributed by atoms with Gasteiger partial charge in [0.05, 0.1) is 113 Å². The molecule has 97 heavy (non-hydrogen) atoms. The number of fused-ring (bicyclic) bond motifs is 1. The first-order chi connectivity index (χ1) is 44.9. The fourth-order valence-electron chi connectivity index (χ4n) is 6.58. The van der Waals surface area contributed by atoms with Crippen LogP contribution < -0.4 is 69.2 Å². The average Bonchev–Trinajstić information content (AvgIpc) is 1.68. The number of hydrogen-bond donors (Lipinski definition) is 13. The maximum Gasteiger partial charge on any atom is 0.339 e. The number of amides is 5. The average molecular weight is 1450 g/mol. The van der Waals surface area contributed by atoms with E-state index in [1.54, 1.807) is 79.9 Å². The molecule has 9 rings (SSSR count). The van der Waals surface area contributed by atoms with Gasteiger partial charge in [-0.25, -0.2) is 33.8 Å². The lowest BCUT2D eigenvalue weighted by Crippen LogP contribution is -2.12. The summed E-state index contributed by atoms with van der Waals surface area (Å²) in [7, 11) is 1.29. The van der Waals surface area contributed by atoms with E-state index in [2.05, 4.69) is 40.2 Å². The lowest BCUT2D eigenvalue weighted by Gasteiger charge is -2.07. The number of primary amides is 5. The van der Waals surface area contributed by atoms with Crippen LogP contribution in [0, 0.1) is 29.2 Å². The first kappa shape index (κ1) is 84.8. The van der Waals surface area contributed by atoms with E-state index in [1.807, 2.05) is 0 Å².